The fourth-order valence-electron chi connectivity index (χ4n) is 3.39. The van der Waals surface area contributed by atoms with Crippen LogP contribution in [0.4, 0.5) is 5.69 Å². The van der Waals surface area contributed by atoms with Crippen LogP contribution in [-0.2, 0) is 16.6 Å². The lowest BCUT2D eigenvalue weighted by atomic mass is 10.1. The molecule has 1 fully saturated rings. The number of amidine groups is 1. The van der Waals surface area contributed by atoms with Gasteiger partial charge in [0.15, 0.2) is 0 Å². The standard InChI is InChI=1S/C18H19N3O2S/c19-18-17-9-2-1-6-14(17)13-21(18)15-7-5-8-16(12-15)24(22,23)20-10-3-4-11-20/h1-2,5-9,12,19H,3-4,10-11,13H2. The minimum absolute atomic E-state index is 0.311. The van der Waals surface area contributed by atoms with Crippen LogP contribution in [0.5, 0.6) is 0 Å². The molecule has 2 aromatic rings. The molecule has 0 aliphatic carbocycles. The van der Waals surface area contributed by atoms with Crippen LogP contribution >= 0.6 is 0 Å². The van der Waals surface area contributed by atoms with Crippen LogP contribution in [0.1, 0.15) is 24.0 Å². The molecular weight excluding hydrogens is 322 g/mol. The molecule has 0 bridgehead atoms. The summed E-state index contributed by atoms with van der Waals surface area (Å²) in [6.45, 7) is 1.79. The van der Waals surface area contributed by atoms with Crippen LogP contribution in [0.15, 0.2) is 53.4 Å². The Kier molecular flexibility index (Phi) is 3.66. The smallest absolute Gasteiger partial charge is 0.243 e. The van der Waals surface area contributed by atoms with Crippen LogP contribution in [0.3, 0.4) is 0 Å². The molecule has 0 unspecified atom stereocenters. The van der Waals surface area contributed by atoms with Gasteiger partial charge < -0.3 is 4.90 Å². The number of fused-ring (bicyclic) bond motifs is 1. The average molecular weight is 341 g/mol. The van der Waals surface area contributed by atoms with E-state index in [1.54, 1.807) is 22.5 Å². The molecule has 1 N–H and O–H groups in total. The Morgan fingerprint density at radius 3 is 2.46 bits per heavy atom. The SMILES string of the molecule is N=C1c2ccccc2CN1c1cccc(S(=O)(=O)N2CCCC2)c1. The van der Waals surface area contributed by atoms with Gasteiger partial charge in [0.2, 0.25) is 10.0 Å². The minimum atomic E-state index is -3.44. The monoisotopic (exact) mass is 341 g/mol. The molecule has 5 nitrogen and oxygen atoms in total. The van der Waals surface area contributed by atoms with Crippen molar-refractivity contribution in [2.24, 2.45) is 0 Å². The first-order valence-corrected chi connectivity index (χ1v) is 9.56. The van der Waals surface area contributed by atoms with Crippen molar-refractivity contribution in [3.8, 4) is 0 Å². The quantitative estimate of drug-likeness (QED) is 0.934. The minimum Gasteiger partial charge on any atom is -0.322 e. The molecule has 2 aliphatic rings. The normalized spacial score (nSPS) is 18.2. The Morgan fingerprint density at radius 1 is 0.958 bits per heavy atom. The lowest BCUT2D eigenvalue weighted by Gasteiger charge is -2.20. The van der Waals surface area contributed by atoms with Crippen LogP contribution in [-0.4, -0.2) is 31.6 Å². The first kappa shape index (κ1) is 15.4. The zero-order valence-corrected chi connectivity index (χ0v) is 14.1. The van der Waals surface area contributed by atoms with Gasteiger partial charge in [0.25, 0.3) is 0 Å². The highest BCUT2D eigenvalue weighted by Gasteiger charge is 2.29. The maximum Gasteiger partial charge on any atom is 0.243 e. The van der Waals surface area contributed by atoms with Crippen LogP contribution in [0.25, 0.3) is 0 Å². The molecule has 0 aromatic heterocycles. The van der Waals surface area contributed by atoms with Gasteiger partial charge in [-0.25, -0.2) is 8.42 Å². The predicted molar refractivity (Wildman–Crippen MR) is 93.9 cm³/mol. The highest BCUT2D eigenvalue weighted by atomic mass is 32.2. The number of hydrogen-bond donors (Lipinski definition) is 1. The van der Waals surface area contributed by atoms with Crippen LogP contribution in [0.2, 0.25) is 0 Å². The Hall–Kier alpha value is -2.18. The molecule has 2 heterocycles. The van der Waals surface area contributed by atoms with Gasteiger partial charge in [-0.15, -0.1) is 0 Å². The van der Waals surface area contributed by atoms with Crippen molar-refractivity contribution in [2.45, 2.75) is 24.3 Å². The Morgan fingerprint density at radius 2 is 1.71 bits per heavy atom. The Labute approximate surface area is 142 Å². The largest absolute Gasteiger partial charge is 0.322 e. The Bertz CT molecular complexity index is 902. The molecule has 2 aliphatic heterocycles. The number of benzene rings is 2. The molecule has 24 heavy (non-hydrogen) atoms. The summed E-state index contributed by atoms with van der Waals surface area (Å²) in [5.41, 5.74) is 2.75. The summed E-state index contributed by atoms with van der Waals surface area (Å²) in [5, 5.41) is 8.38. The first-order valence-electron chi connectivity index (χ1n) is 8.12. The van der Waals surface area contributed by atoms with Crippen molar-refractivity contribution >= 4 is 21.5 Å². The topological polar surface area (TPSA) is 64.5 Å². The van der Waals surface area contributed by atoms with Crippen molar-refractivity contribution in [3.05, 3.63) is 59.7 Å². The van der Waals surface area contributed by atoms with E-state index in [0.717, 1.165) is 29.7 Å². The van der Waals surface area contributed by atoms with Gasteiger partial charge in [-0.3, -0.25) is 5.41 Å². The maximum absolute atomic E-state index is 12.8. The molecule has 0 radical (unpaired) electrons. The number of rotatable bonds is 3. The fraction of sp³-hybridized carbons (Fsp3) is 0.278. The first-order chi connectivity index (χ1) is 11.6. The van der Waals surface area contributed by atoms with E-state index in [0.29, 0.717) is 30.4 Å². The maximum atomic E-state index is 12.8. The third-order valence-corrected chi connectivity index (χ3v) is 6.60. The third kappa shape index (κ3) is 2.42. The van der Waals surface area contributed by atoms with Crippen LogP contribution in [0, 0.1) is 5.41 Å². The predicted octanol–water partition coefficient (Wildman–Crippen LogP) is 2.82. The molecule has 0 amide bonds. The lowest BCUT2D eigenvalue weighted by Crippen LogP contribution is -2.28. The number of nitrogens with one attached hydrogen (secondary N) is 1. The van der Waals surface area contributed by atoms with Gasteiger partial charge in [0.05, 0.1) is 11.4 Å². The number of hydrogen-bond acceptors (Lipinski definition) is 3. The van der Waals surface area contributed by atoms with Crippen molar-refractivity contribution in [1.82, 2.24) is 4.31 Å². The molecular formula is C18H19N3O2S. The van der Waals surface area contributed by atoms with E-state index in [1.807, 2.05) is 35.2 Å². The van der Waals surface area contributed by atoms with E-state index in [2.05, 4.69) is 0 Å². The highest BCUT2D eigenvalue weighted by Crippen LogP contribution is 2.30. The van der Waals surface area contributed by atoms with E-state index in [1.165, 1.54) is 0 Å². The summed E-state index contributed by atoms with van der Waals surface area (Å²) < 4.78 is 27.1. The van der Waals surface area contributed by atoms with E-state index in [9.17, 15) is 8.42 Å². The zero-order valence-electron chi connectivity index (χ0n) is 13.3. The molecule has 6 heteroatoms. The zero-order chi connectivity index (χ0) is 16.7. The summed E-state index contributed by atoms with van der Waals surface area (Å²) >= 11 is 0. The van der Waals surface area contributed by atoms with Crippen molar-refractivity contribution < 1.29 is 8.42 Å². The second-order valence-electron chi connectivity index (χ2n) is 6.20. The molecule has 4 rings (SSSR count). The van der Waals surface area contributed by atoms with Crippen molar-refractivity contribution in [1.29, 1.82) is 5.41 Å². The molecule has 0 saturated carbocycles. The number of nitrogens with zero attached hydrogens (tertiary/aromatic N) is 2. The summed E-state index contributed by atoms with van der Waals surface area (Å²) in [6, 6.07) is 14.8. The Balaban J connectivity index is 1.68. The van der Waals surface area contributed by atoms with Gasteiger partial charge in [-0.2, -0.15) is 4.31 Å². The molecule has 124 valence electrons. The van der Waals surface area contributed by atoms with Gasteiger partial charge >= 0.3 is 0 Å². The van der Waals surface area contributed by atoms with Gasteiger partial charge in [-0.1, -0.05) is 30.3 Å². The molecule has 0 atom stereocenters. The van der Waals surface area contributed by atoms with Crippen molar-refractivity contribution in [3.63, 3.8) is 0 Å². The summed E-state index contributed by atoms with van der Waals surface area (Å²) in [5.74, 6) is 0.418. The lowest BCUT2D eigenvalue weighted by molar-refractivity contribution is 0.477. The summed E-state index contributed by atoms with van der Waals surface area (Å²) in [6.07, 6.45) is 1.84. The van der Waals surface area contributed by atoms with E-state index < -0.39 is 10.0 Å². The third-order valence-electron chi connectivity index (χ3n) is 4.70. The molecule has 2 aromatic carbocycles. The van der Waals surface area contributed by atoms with E-state index in [4.69, 9.17) is 5.41 Å². The number of sulfonamides is 1. The summed E-state index contributed by atoms with van der Waals surface area (Å²) in [7, 11) is -3.44. The summed E-state index contributed by atoms with van der Waals surface area (Å²) in [4.78, 5) is 2.17. The van der Waals surface area contributed by atoms with Gasteiger partial charge in [-0.05, 0) is 36.6 Å². The van der Waals surface area contributed by atoms with Gasteiger partial charge in [0, 0.05) is 24.3 Å². The second-order valence-corrected chi connectivity index (χ2v) is 8.14. The van der Waals surface area contributed by atoms with E-state index in [-0.39, 0.29) is 0 Å². The fourth-order valence-corrected chi connectivity index (χ4v) is 4.95. The van der Waals surface area contributed by atoms with E-state index >= 15 is 0 Å². The average Bonchev–Trinajstić information content (AvgIpc) is 3.24. The molecule has 0 spiro atoms. The molecule has 1 saturated heterocycles. The van der Waals surface area contributed by atoms with Crippen LogP contribution < -0.4 is 4.90 Å². The second kappa shape index (κ2) is 5.72. The highest BCUT2D eigenvalue weighted by molar-refractivity contribution is 7.89. The number of anilines is 1. The van der Waals surface area contributed by atoms with Crippen molar-refractivity contribution in [2.75, 3.05) is 18.0 Å². The van der Waals surface area contributed by atoms with Gasteiger partial charge in [0.1, 0.15) is 5.84 Å².